The number of nitro benzene ring substituents is 1. The van der Waals surface area contributed by atoms with Crippen molar-refractivity contribution in [2.75, 3.05) is 13.2 Å². The molecule has 3 aromatic carbocycles. The maximum Gasteiger partial charge on any atom is 0.338 e. The number of ether oxygens (including phenoxy) is 3. The minimum Gasteiger partial charge on any atom is -0.490 e. The molecule has 0 unspecified atom stereocenters. The van der Waals surface area contributed by atoms with Crippen LogP contribution < -0.4 is 24.4 Å². The maximum absolute atomic E-state index is 13.5. The van der Waals surface area contributed by atoms with Gasteiger partial charge in [0.1, 0.15) is 12.6 Å². The van der Waals surface area contributed by atoms with E-state index >= 15 is 0 Å². The Morgan fingerprint density at radius 3 is 2.44 bits per heavy atom. The fourth-order valence-electron chi connectivity index (χ4n) is 4.72. The second-order valence-electron chi connectivity index (χ2n) is 9.55. The average molecular weight is 600 g/mol. The molecule has 1 aliphatic rings. The average Bonchev–Trinajstić information content (AvgIpc) is 3.32. The van der Waals surface area contributed by atoms with Crippen molar-refractivity contribution < 1.29 is 23.9 Å². The van der Waals surface area contributed by atoms with Crippen LogP contribution in [0.5, 0.6) is 11.5 Å². The van der Waals surface area contributed by atoms with Crippen LogP contribution in [0, 0.1) is 10.1 Å². The van der Waals surface area contributed by atoms with Gasteiger partial charge in [0.15, 0.2) is 16.3 Å². The van der Waals surface area contributed by atoms with E-state index in [1.807, 2.05) is 43.3 Å². The summed E-state index contributed by atoms with van der Waals surface area (Å²) in [7, 11) is 0. The van der Waals surface area contributed by atoms with Crippen molar-refractivity contribution in [1.29, 1.82) is 0 Å². The zero-order valence-electron chi connectivity index (χ0n) is 23.8. The van der Waals surface area contributed by atoms with Crippen LogP contribution in [0.1, 0.15) is 43.5 Å². The van der Waals surface area contributed by atoms with Crippen molar-refractivity contribution >= 4 is 34.8 Å². The van der Waals surface area contributed by atoms with Crippen molar-refractivity contribution in [2.45, 2.75) is 33.4 Å². The van der Waals surface area contributed by atoms with Crippen LogP contribution in [0.4, 0.5) is 5.69 Å². The lowest BCUT2D eigenvalue weighted by molar-refractivity contribution is -0.384. The van der Waals surface area contributed by atoms with Gasteiger partial charge in [0.25, 0.3) is 11.2 Å². The molecule has 5 rings (SSSR count). The van der Waals surface area contributed by atoms with Gasteiger partial charge in [-0.3, -0.25) is 19.5 Å². The van der Waals surface area contributed by atoms with Crippen molar-refractivity contribution in [2.24, 2.45) is 4.99 Å². The molecular weight excluding hydrogens is 570 g/mol. The Hall–Kier alpha value is -5.03. The predicted octanol–water partition coefficient (Wildman–Crippen LogP) is 4.79. The van der Waals surface area contributed by atoms with Gasteiger partial charge < -0.3 is 14.2 Å². The third-order valence-corrected chi connectivity index (χ3v) is 7.75. The molecule has 220 valence electrons. The number of carbonyl (C=O) groups is 1. The van der Waals surface area contributed by atoms with Gasteiger partial charge in [-0.05, 0) is 67.8 Å². The maximum atomic E-state index is 13.5. The number of hydrogen-bond donors (Lipinski definition) is 0. The normalized spacial score (nSPS) is 14.6. The standard InChI is InChI=1S/C32H29N3O7S/c1-4-40-26-18-23(13-16-25(26)42-19-22-9-7-6-8-10-22)29-28(31(37)41-5-2)20(3)34-30(36)27(43-32(34)33-29)17-21-11-14-24(15-12-21)35(38)39/h6-18,29H,4-5,19H2,1-3H3/b27-17-/t29-/m0/s1. The zero-order chi connectivity index (χ0) is 30.5. The summed E-state index contributed by atoms with van der Waals surface area (Å²) in [6, 6.07) is 20.4. The summed E-state index contributed by atoms with van der Waals surface area (Å²) in [6.45, 7) is 6.20. The third-order valence-electron chi connectivity index (χ3n) is 6.76. The Balaban J connectivity index is 1.58. The summed E-state index contributed by atoms with van der Waals surface area (Å²) in [6.07, 6.45) is 1.65. The molecule has 4 aromatic rings. The van der Waals surface area contributed by atoms with Gasteiger partial charge in [0.2, 0.25) is 0 Å². The van der Waals surface area contributed by atoms with E-state index in [0.29, 0.717) is 50.9 Å². The highest BCUT2D eigenvalue weighted by Gasteiger charge is 2.32. The van der Waals surface area contributed by atoms with E-state index in [-0.39, 0.29) is 23.4 Å². The molecule has 2 heterocycles. The van der Waals surface area contributed by atoms with E-state index < -0.39 is 16.9 Å². The number of allylic oxidation sites excluding steroid dienone is 1. The van der Waals surface area contributed by atoms with Gasteiger partial charge in [0, 0.05) is 17.8 Å². The first-order valence-electron chi connectivity index (χ1n) is 13.7. The molecule has 1 aliphatic heterocycles. The van der Waals surface area contributed by atoms with E-state index in [1.165, 1.54) is 28.0 Å². The summed E-state index contributed by atoms with van der Waals surface area (Å²) in [4.78, 5) is 42.6. The summed E-state index contributed by atoms with van der Waals surface area (Å²) in [5, 5.41) is 11.0. The number of carbonyl (C=O) groups excluding carboxylic acids is 1. The minimum absolute atomic E-state index is 0.0436. The molecule has 0 aliphatic carbocycles. The molecule has 43 heavy (non-hydrogen) atoms. The molecule has 1 atom stereocenters. The lowest BCUT2D eigenvalue weighted by Gasteiger charge is -2.23. The molecule has 0 radical (unpaired) electrons. The van der Waals surface area contributed by atoms with Crippen molar-refractivity contribution in [3.05, 3.63) is 125 Å². The number of nitro groups is 1. The monoisotopic (exact) mass is 599 g/mol. The largest absolute Gasteiger partial charge is 0.490 e. The molecule has 0 N–H and O–H groups in total. The molecule has 1 aromatic heterocycles. The highest BCUT2D eigenvalue weighted by atomic mass is 32.1. The number of esters is 1. The summed E-state index contributed by atoms with van der Waals surface area (Å²) < 4.78 is 19.1. The molecule has 0 spiro atoms. The van der Waals surface area contributed by atoms with Gasteiger partial charge >= 0.3 is 5.97 Å². The quantitative estimate of drug-likeness (QED) is 0.146. The first-order valence-corrected chi connectivity index (χ1v) is 14.5. The van der Waals surface area contributed by atoms with Crippen LogP contribution in [0.15, 0.2) is 88.2 Å². The van der Waals surface area contributed by atoms with Crippen molar-refractivity contribution in [1.82, 2.24) is 4.57 Å². The Labute approximate surface area is 251 Å². The number of non-ortho nitro benzene ring substituents is 1. The molecule has 10 nitrogen and oxygen atoms in total. The van der Waals surface area contributed by atoms with Crippen LogP contribution >= 0.6 is 11.3 Å². The fraction of sp³-hybridized carbons (Fsp3) is 0.219. The van der Waals surface area contributed by atoms with Gasteiger partial charge in [-0.15, -0.1) is 0 Å². The van der Waals surface area contributed by atoms with E-state index in [1.54, 1.807) is 44.2 Å². The fourth-order valence-corrected chi connectivity index (χ4v) is 5.76. The topological polar surface area (TPSA) is 122 Å². The summed E-state index contributed by atoms with van der Waals surface area (Å²) in [5.74, 6) is 0.491. The number of hydrogen-bond acceptors (Lipinski definition) is 9. The van der Waals surface area contributed by atoms with E-state index in [4.69, 9.17) is 19.2 Å². The number of fused-ring (bicyclic) bond motifs is 1. The Kier molecular flexibility index (Phi) is 8.82. The number of benzene rings is 3. The Bertz CT molecular complexity index is 1880. The van der Waals surface area contributed by atoms with Gasteiger partial charge in [-0.1, -0.05) is 47.7 Å². The molecule has 0 bridgehead atoms. The first-order chi connectivity index (χ1) is 20.8. The predicted molar refractivity (Wildman–Crippen MR) is 163 cm³/mol. The minimum atomic E-state index is -0.758. The van der Waals surface area contributed by atoms with Gasteiger partial charge in [0.05, 0.1) is 28.2 Å². The second kappa shape index (κ2) is 12.9. The number of thiazole rings is 1. The van der Waals surface area contributed by atoms with Crippen LogP contribution in [-0.2, 0) is 16.1 Å². The highest BCUT2D eigenvalue weighted by molar-refractivity contribution is 7.07. The molecule has 0 saturated carbocycles. The summed E-state index contributed by atoms with van der Waals surface area (Å²) >= 11 is 1.17. The van der Waals surface area contributed by atoms with Gasteiger partial charge in [-0.25, -0.2) is 9.79 Å². The highest BCUT2D eigenvalue weighted by Crippen LogP contribution is 2.37. The van der Waals surface area contributed by atoms with E-state index in [9.17, 15) is 19.7 Å². The molecular formula is C32H29N3O7S. The molecule has 0 saturated heterocycles. The van der Waals surface area contributed by atoms with E-state index in [2.05, 4.69) is 0 Å². The number of aromatic nitrogens is 1. The molecule has 11 heteroatoms. The third kappa shape index (κ3) is 6.26. The van der Waals surface area contributed by atoms with Gasteiger partial charge in [-0.2, -0.15) is 0 Å². The van der Waals surface area contributed by atoms with Crippen molar-refractivity contribution in [3.63, 3.8) is 0 Å². The zero-order valence-corrected chi connectivity index (χ0v) is 24.6. The lowest BCUT2D eigenvalue weighted by atomic mass is 9.96. The Morgan fingerprint density at radius 1 is 1.02 bits per heavy atom. The Morgan fingerprint density at radius 2 is 1.77 bits per heavy atom. The summed E-state index contributed by atoms with van der Waals surface area (Å²) in [5.41, 5.74) is 2.58. The lowest BCUT2D eigenvalue weighted by Crippen LogP contribution is -2.35. The number of nitrogens with zero attached hydrogens (tertiary/aromatic N) is 3. The SMILES string of the molecule is CCOC(=O)C1=C(C)n2c(s/c(=C\c3ccc([N+](=O)[O-])cc3)c2=O)=N[C@H]1c1ccc(OCc2ccccc2)c(OCC)c1. The molecule has 0 amide bonds. The first kappa shape index (κ1) is 29.5. The smallest absolute Gasteiger partial charge is 0.338 e. The van der Waals surface area contributed by atoms with Crippen LogP contribution in [0.3, 0.4) is 0 Å². The molecule has 0 fully saturated rings. The van der Waals surface area contributed by atoms with Crippen LogP contribution in [-0.4, -0.2) is 28.7 Å². The number of rotatable bonds is 10. The van der Waals surface area contributed by atoms with Crippen LogP contribution in [0.2, 0.25) is 0 Å². The van der Waals surface area contributed by atoms with E-state index in [0.717, 1.165) is 5.56 Å². The van der Waals surface area contributed by atoms with Crippen LogP contribution in [0.25, 0.3) is 11.8 Å². The van der Waals surface area contributed by atoms with Crippen molar-refractivity contribution in [3.8, 4) is 11.5 Å². The second-order valence-corrected chi connectivity index (χ2v) is 10.6.